The highest BCUT2D eigenvalue weighted by molar-refractivity contribution is 5.94. The van der Waals surface area contributed by atoms with Gasteiger partial charge in [-0.1, -0.05) is 18.9 Å². The highest BCUT2D eigenvalue weighted by Crippen LogP contribution is 2.46. The fourth-order valence-corrected chi connectivity index (χ4v) is 3.71. The van der Waals surface area contributed by atoms with Gasteiger partial charge in [-0.3, -0.25) is 4.79 Å². The molecule has 1 saturated heterocycles. The van der Waals surface area contributed by atoms with E-state index in [4.69, 9.17) is 5.26 Å². The average Bonchev–Trinajstić information content (AvgIpc) is 2.96. The third-order valence-corrected chi connectivity index (χ3v) is 5.01. The molecule has 0 aromatic heterocycles. The lowest BCUT2D eigenvalue weighted by Gasteiger charge is -2.39. The minimum atomic E-state index is 0.0787. The summed E-state index contributed by atoms with van der Waals surface area (Å²) in [4.78, 5) is 14.4. The topological polar surface area (TPSA) is 44.1 Å². The summed E-state index contributed by atoms with van der Waals surface area (Å²) in [6.45, 7) is 1.74. The van der Waals surface area contributed by atoms with Crippen molar-refractivity contribution in [1.82, 2.24) is 4.90 Å². The maximum Gasteiger partial charge on any atom is 0.253 e. The molecule has 0 atom stereocenters. The molecule has 104 valence electrons. The lowest BCUT2D eigenvalue weighted by Crippen LogP contribution is -2.42. The molecule has 3 heteroatoms. The van der Waals surface area contributed by atoms with Crippen molar-refractivity contribution in [3.8, 4) is 6.07 Å². The van der Waals surface area contributed by atoms with E-state index in [-0.39, 0.29) is 5.91 Å². The Labute approximate surface area is 120 Å². The van der Waals surface area contributed by atoms with Crippen LogP contribution in [0.15, 0.2) is 24.3 Å². The average molecular weight is 268 g/mol. The van der Waals surface area contributed by atoms with E-state index in [9.17, 15) is 4.79 Å². The Bertz CT molecular complexity index is 542. The molecule has 1 saturated carbocycles. The van der Waals surface area contributed by atoms with Gasteiger partial charge < -0.3 is 4.90 Å². The van der Waals surface area contributed by atoms with Crippen LogP contribution in [0.2, 0.25) is 0 Å². The highest BCUT2D eigenvalue weighted by atomic mass is 16.2. The highest BCUT2D eigenvalue weighted by Gasteiger charge is 2.38. The quantitative estimate of drug-likeness (QED) is 0.784. The molecule has 0 N–H and O–H groups in total. The number of hydrogen-bond donors (Lipinski definition) is 0. The van der Waals surface area contributed by atoms with Crippen molar-refractivity contribution in [3.05, 3.63) is 35.4 Å². The first-order valence-electron chi connectivity index (χ1n) is 7.52. The van der Waals surface area contributed by atoms with Crippen LogP contribution < -0.4 is 0 Å². The molecular weight excluding hydrogens is 248 g/mol. The molecule has 0 bridgehead atoms. The summed E-state index contributed by atoms with van der Waals surface area (Å²) in [5, 5.41) is 8.92. The first kappa shape index (κ1) is 13.2. The molecule has 3 rings (SSSR count). The lowest BCUT2D eigenvalue weighted by molar-refractivity contribution is 0.0587. The van der Waals surface area contributed by atoms with Gasteiger partial charge in [0.25, 0.3) is 5.91 Å². The monoisotopic (exact) mass is 268 g/mol. The summed E-state index contributed by atoms with van der Waals surface area (Å²) in [6.07, 6.45) is 7.71. The second kappa shape index (κ2) is 5.28. The third-order valence-electron chi connectivity index (χ3n) is 5.01. The first-order chi connectivity index (χ1) is 9.72. The SMILES string of the molecule is N#Cc1cccc(C(=O)N2CCC3(CCCC3)CC2)c1. The second-order valence-corrected chi connectivity index (χ2v) is 6.19. The van der Waals surface area contributed by atoms with Gasteiger partial charge in [-0.2, -0.15) is 5.26 Å². The molecule has 3 nitrogen and oxygen atoms in total. The molecule has 1 aromatic carbocycles. The molecule has 0 unspecified atom stereocenters. The Kier molecular flexibility index (Phi) is 3.48. The normalized spacial score (nSPS) is 20.9. The molecule has 2 aliphatic rings. The maximum absolute atomic E-state index is 12.5. The maximum atomic E-state index is 12.5. The first-order valence-corrected chi connectivity index (χ1v) is 7.52. The number of carbonyl (C=O) groups excluding carboxylic acids is 1. The van der Waals surface area contributed by atoms with Gasteiger partial charge in [0, 0.05) is 18.7 Å². The van der Waals surface area contributed by atoms with Crippen molar-refractivity contribution in [2.24, 2.45) is 5.41 Å². The molecule has 0 radical (unpaired) electrons. The summed E-state index contributed by atoms with van der Waals surface area (Å²) >= 11 is 0. The van der Waals surface area contributed by atoms with Crippen LogP contribution in [0.5, 0.6) is 0 Å². The molecule has 1 aliphatic heterocycles. The number of rotatable bonds is 1. The van der Waals surface area contributed by atoms with E-state index in [2.05, 4.69) is 6.07 Å². The Morgan fingerprint density at radius 3 is 2.50 bits per heavy atom. The van der Waals surface area contributed by atoms with Crippen molar-refractivity contribution < 1.29 is 4.79 Å². The van der Waals surface area contributed by atoms with Gasteiger partial charge in [-0.25, -0.2) is 0 Å². The van der Waals surface area contributed by atoms with E-state index in [1.165, 1.54) is 25.7 Å². The number of benzene rings is 1. The Morgan fingerprint density at radius 1 is 1.15 bits per heavy atom. The fourth-order valence-electron chi connectivity index (χ4n) is 3.71. The van der Waals surface area contributed by atoms with Crippen molar-refractivity contribution in [1.29, 1.82) is 5.26 Å². The predicted octanol–water partition coefficient (Wildman–Crippen LogP) is 3.35. The lowest BCUT2D eigenvalue weighted by atomic mass is 9.77. The van der Waals surface area contributed by atoms with E-state index >= 15 is 0 Å². The smallest absolute Gasteiger partial charge is 0.253 e. The number of likely N-dealkylation sites (tertiary alicyclic amines) is 1. The molecule has 1 spiro atoms. The molecule has 1 aromatic rings. The van der Waals surface area contributed by atoms with E-state index < -0.39 is 0 Å². The summed E-state index contributed by atoms with van der Waals surface area (Å²) in [6, 6.07) is 9.12. The zero-order chi connectivity index (χ0) is 14.0. The van der Waals surface area contributed by atoms with Gasteiger partial charge >= 0.3 is 0 Å². The van der Waals surface area contributed by atoms with E-state index in [1.54, 1.807) is 18.2 Å². The zero-order valence-electron chi connectivity index (χ0n) is 11.8. The van der Waals surface area contributed by atoms with Gasteiger partial charge in [-0.05, 0) is 49.3 Å². The summed E-state index contributed by atoms with van der Waals surface area (Å²) in [5.74, 6) is 0.0787. The number of hydrogen-bond acceptors (Lipinski definition) is 2. The van der Waals surface area contributed by atoms with Gasteiger partial charge in [0.15, 0.2) is 0 Å². The van der Waals surface area contributed by atoms with Crippen molar-refractivity contribution in [2.45, 2.75) is 38.5 Å². The standard InChI is InChI=1S/C17H20N2O/c18-13-14-4-3-5-15(12-14)16(20)19-10-8-17(9-11-19)6-1-2-7-17/h3-5,12H,1-2,6-11H2. The molecule has 1 aliphatic carbocycles. The Hall–Kier alpha value is -1.82. The molecule has 1 heterocycles. The van der Waals surface area contributed by atoms with Gasteiger partial charge in [0.2, 0.25) is 0 Å². The van der Waals surface area contributed by atoms with Crippen LogP contribution in [-0.4, -0.2) is 23.9 Å². The molecular formula is C17H20N2O. The predicted molar refractivity (Wildman–Crippen MR) is 77.2 cm³/mol. The number of nitrogens with zero attached hydrogens (tertiary/aromatic N) is 2. The van der Waals surface area contributed by atoms with Crippen LogP contribution in [0.3, 0.4) is 0 Å². The van der Waals surface area contributed by atoms with Crippen LogP contribution in [0.1, 0.15) is 54.4 Å². The van der Waals surface area contributed by atoms with Crippen molar-refractivity contribution >= 4 is 5.91 Å². The van der Waals surface area contributed by atoms with Gasteiger partial charge in [0.1, 0.15) is 0 Å². The molecule has 20 heavy (non-hydrogen) atoms. The summed E-state index contributed by atoms with van der Waals surface area (Å²) in [5.41, 5.74) is 1.73. The van der Waals surface area contributed by atoms with Crippen LogP contribution >= 0.6 is 0 Å². The number of nitriles is 1. The van der Waals surface area contributed by atoms with Crippen LogP contribution in [0.25, 0.3) is 0 Å². The number of carbonyl (C=O) groups is 1. The van der Waals surface area contributed by atoms with E-state index in [0.717, 1.165) is 25.9 Å². The number of amides is 1. The van der Waals surface area contributed by atoms with Gasteiger partial charge in [-0.15, -0.1) is 0 Å². The Balaban J connectivity index is 1.68. The van der Waals surface area contributed by atoms with Gasteiger partial charge in [0.05, 0.1) is 11.6 Å². The van der Waals surface area contributed by atoms with Crippen LogP contribution in [0.4, 0.5) is 0 Å². The van der Waals surface area contributed by atoms with Crippen molar-refractivity contribution in [3.63, 3.8) is 0 Å². The van der Waals surface area contributed by atoms with Crippen LogP contribution in [0, 0.1) is 16.7 Å². The van der Waals surface area contributed by atoms with E-state index in [1.807, 2.05) is 11.0 Å². The third kappa shape index (κ3) is 2.43. The largest absolute Gasteiger partial charge is 0.339 e. The van der Waals surface area contributed by atoms with Crippen molar-refractivity contribution in [2.75, 3.05) is 13.1 Å². The minimum Gasteiger partial charge on any atom is -0.339 e. The van der Waals surface area contributed by atoms with Crippen LogP contribution in [-0.2, 0) is 0 Å². The molecule has 1 amide bonds. The zero-order valence-corrected chi connectivity index (χ0v) is 11.8. The number of piperidine rings is 1. The summed E-state index contributed by atoms with van der Waals surface area (Å²) < 4.78 is 0. The summed E-state index contributed by atoms with van der Waals surface area (Å²) in [7, 11) is 0. The minimum absolute atomic E-state index is 0.0787. The fraction of sp³-hybridized carbons (Fsp3) is 0.529. The molecule has 2 fully saturated rings. The second-order valence-electron chi connectivity index (χ2n) is 6.19. The Morgan fingerprint density at radius 2 is 1.85 bits per heavy atom. The van der Waals surface area contributed by atoms with E-state index in [0.29, 0.717) is 16.5 Å².